The van der Waals surface area contributed by atoms with Gasteiger partial charge in [-0.3, -0.25) is 4.79 Å². The van der Waals surface area contributed by atoms with Gasteiger partial charge in [0.1, 0.15) is 35.5 Å². The zero-order chi connectivity index (χ0) is 39.1. The molecule has 14 atom stereocenters. The third-order valence-electron chi connectivity index (χ3n) is 13.6. The van der Waals surface area contributed by atoms with Gasteiger partial charge in [-0.2, -0.15) is 0 Å². The predicted molar refractivity (Wildman–Crippen MR) is 203 cm³/mol. The van der Waals surface area contributed by atoms with Crippen molar-refractivity contribution in [1.82, 2.24) is 0 Å². The topological polar surface area (TPSA) is 155 Å². The Morgan fingerprint density at radius 2 is 1.80 bits per heavy atom. The number of aliphatic hydroxyl groups excluding tert-OH is 1. The van der Waals surface area contributed by atoms with E-state index in [0.29, 0.717) is 55.1 Å². The molecule has 3 N–H and O–H groups in total. The molecule has 5 aliphatic heterocycles. The van der Waals surface area contributed by atoms with E-state index in [4.69, 9.17) is 33.2 Å². The molecule has 5 heterocycles. The van der Waals surface area contributed by atoms with Gasteiger partial charge in [-0.25, -0.2) is 0 Å². The lowest BCUT2D eigenvalue weighted by Gasteiger charge is -2.51. The van der Waals surface area contributed by atoms with Crippen molar-refractivity contribution in [3.8, 4) is 0 Å². The molecule has 0 radical (unpaired) electrons. The smallest absolute Gasteiger partial charge is 0.316 e. The Bertz CT molecular complexity index is 1550. The maximum atomic E-state index is 14.4. The summed E-state index contributed by atoms with van der Waals surface area (Å²) in [7, 11) is 1.59. The van der Waals surface area contributed by atoms with Crippen molar-refractivity contribution in [2.75, 3.05) is 13.7 Å². The summed E-state index contributed by atoms with van der Waals surface area (Å²) in [5.74, 6) is -1.83. The number of allylic oxidation sites excluding steroid dienone is 2. The SMILES string of the molecule is CO[C@H]1C[C@H](O[C@@H]2C(C)=CC[C@@H]3C[C@@H](C[C@]4(CC[C@H](C)[C@@H](C5CCCCC5)O4)O3)OC(=O)[C@@H]3C=C(C)C(=NO)[C@H]4OCC(=CC=C[C@@H]2C)[C@]43O)O[C@@H](C)[C@@H]1O. The van der Waals surface area contributed by atoms with Gasteiger partial charge in [0.15, 0.2) is 12.1 Å². The average Bonchev–Trinajstić information content (AvgIpc) is 3.50. The van der Waals surface area contributed by atoms with Crippen molar-refractivity contribution >= 4 is 11.7 Å². The largest absolute Gasteiger partial charge is 0.462 e. The van der Waals surface area contributed by atoms with Gasteiger partial charge in [0, 0.05) is 38.7 Å². The summed E-state index contributed by atoms with van der Waals surface area (Å²) < 4.78 is 45.1. The molecule has 0 aromatic heterocycles. The van der Waals surface area contributed by atoms with E-state index >= 15 is 0 Å². The predicted octanol–water partition coefficient (Wildman–Crippen LogP) is 6.07. The van der Waals surface area contributed by atoms with Gasteiger partial charge >= 0.3 is 5.97 Å². The minimum atomic E-state index is -1.83. The first kappa shape index (κ1) is 40.8. The highest BCUT2D eigenvalue weighted by Gasteiger charge is 2.60. The van der Waals surface area contributed by atoms with Crippen molar-refractivity contribution in [3.05, 3.63) is 47.1 Å². The highest BCUT2D eigenvalue weighted by Crippen LogP contribution is 2.48. The maximum Gasteiger partial charge on any atom is 0.316 e. The van der Waals surface area contributed by atoms with Crippen LogP contribution in [0.3, 0.4) is 0 Å². The van der Waals surface area contributed by atoms with Gasteiger partial charge in [0.05, 0.1) is 37.1 Å². The van der Waals surface area contributed by atoms with Crippen molar-refractivity contribution in [1.29, 1.82) is 0 Å². The van der Waals surface area contributed by atoms with E-state index < -0.39 is 66.2 Å². The lowest BCUT2D eigenvalue weighted by Crippen LogP contribution is -2.57. The summed E-state index contributed by atoms with van der Waals surface area (Å²) in [6.07, 6.45) is 14.4. The van der Waals surface area contributed by atoms with E-state index in [0.717, 1.165) is 24.8 Å². The van der Waals surface area contributed by atoms with Gasteiger partial charge < -0.3 is 48.6 Å². The molecule has 5 fully saturated rings. The standard InChI is InChI=1S/C43H63NO11/c1-24-11-10-14-30-23-50-40-36(44-48)27(4)19-33(43(30,40)47)41(46)52-32-20-31(16-15-25(2)38(24)53-35-21-34(49-6)37(45)28(5)51-35)54-42(22-32)18-17-26(3)39(55-42)29-12-8-7-9-13-29/h10-11,14-15,19,24,26,28-29,31-35,37-40,45,47-48H,7-9,12-13,16-18,20-23H2,1-6H3/t24-,26-,28-,31+,32-,33-,34-,35-,37-,38-,39-,40+,42+,43+/m0/s1. The van der Waals surface area contributed by atoms with Crippen molar-refractivity contribution in [3.63, 3.8) is 0 Å². The molecule has 0 aromatic rings. The highest BCUT2D eigenvalue weighted by atomic mass is 16.7. The van der Waals surface area contributed by atoms with E-state index in [1.54, 1.807) is 26.2 Å². The zero-order valence-electron chi connectivity index (χ0n) is 33.4. The molecular formula is C43H63NO11. The quantitative estimate of drug-likeness (QED) is 0.132. The number of carbonyl (C=O) groups excluding carboxylic acids is 1. The fourth-order valence-electron chi connectivity index (χ4n) is 10.4. The van der Waals surface area contributed by atoms with E-state index in [1.165, 1.54) is 19.3 Å². The Kier molecular flexibility index (Phi) is 12.5. The molecule has 55 heavy (non-hydrogen) atoms. The molecule has 2 aliphatic carbocycles. The van der Waals surface area contributed by atoms with E-state index in [1.807, 2.05) is 19.1 Å². The Labute approximate surface area is 325 Å². The Morgan fingerprint density at radius 1 is 1.02 bits per heavy atom. The first-order chi connectivity index (χ1) is 26.4. The average molecular weight is 770 g/mol. The fraction of sp³-hybridized carbons (Fsp3) is 0.767. The second kappa shape index (κ2) is 16.8. The number of nitrogens with zero attached hydrogens (tertiary/aromatic N) is 1. The lowest BCUT2D eigenvalue weighted by molar-refractivity contribution is -0.342. The summed E-state index contributed by atoms with van der Waals surface area (Å²) in [6, 6.07) is 0. The molecule has 7 aliphatic rings. The van der Waals surface area contributed by atoms with E-state index in [-0.39, 0.29) is 30.4 Å². The molecule has 12 nitrogen and oxygen atoms in total. The van der Waals surface area contributed by atoms with Crippen LogP contribution in [0.1, 0.15) is 105 Å². The number of aliphatic hydroxyl groups is 2. The van der Waals surface area contributed by atoms with Crippen LogP contribution in [-0.2, 0) is 38.0 Å². The normalized spacial score (nSPS) is 45.4. The monoisotopic (exact) mass is 769 g/mol. The van der Waals surface area contributed by atoms with Gasteiger partial charge in [0.2, 0.25) is 0 Å². The molecule has 1 spiro atoms. The molecule has 0 unspecified atom stereocenters. The third kappa shape index (κ3) is 8.17. The number of esters is 1. The highest BCUT2D eigenvalue weighted by molar-refractivity contribution is 6.06. The number of oxime groups is 1. The van der Waals surface area contributed by atoms with Gasteiger partial charge in [-0.1, -0.05) is 68.6 Å². The summed E-state index contributed by atoms with van der Waals surface area (Å²) >= 11 is 0. The Balaban J connectivity index is 1.25. The van der Waals surface area contributed by atoms with Crippen molar-refractivity contribution in [2.45, 2.75) is 172 Å². The minimum Gasteiger partial charge on any atom is -0.462 e. The van der Waals surface area contributed by atoms with Crippen LogP contribution < -0.4 is 0 Å². The number of methoxy groups -OCH3 is 1. The second-order valence-electron chi connectivity index (χ2n) is 17.4. The van der Waals surface area contributed by atoms with Crippen LogP contribution >= 0.6 is 0 Å². The number of rotatable bonds is 4. The Hall–Kier alpha value is -2.42. The first-order valence-electron chi connectivity index (χ1n) is 20.7. The minimum absolute atomic E-state index is 0.0359. The van der Waals surface area contributed by atoms with Gasteiger partial charge in [-0.05, 0) is 75.0 Å². The molecule has 1 saturated carbocycles. The molecule has 0 aromatic carbocycles. The summed E-state index contributed by atoms with van der Waals surface area (Å²) in [5, 5.41) is 36.7. The molecular weight excluding hydrogens is 706 g/mol. The van der Waals surface area contributed by atoms with E-state index in [9.17, 15) is 20.2 Å². The van der Waals surface area contributed by atoms with Crippen molar-refractivity contribution in [2.24, 2.45) is 28.8 Å². The van der Waals surface area contributed by atoms with Crippen LogP contribution in [0.15, 0.2) is 52.3 Å². The summed E-state index contributed by atoms with van der Waals surface area (Å²) in [6.45, 7) is 10.0. The summed E-state index contributed by atoms with van der Waals surface area (Å²) in [4.78, 5) is 14.4. The summed E-state index contributed by atoms with van der Waals surface area (Å²) in [5.41, 5.74) is 0.362. The number of hydrogen-bond acceptors (Lipinski definition) is 12. The van der Waals surface area contributed by atoms with Gasteiger partial charge in [0.25, 0.3) is 0 Å². The molecule has 12 heteroatoms. The van der Waals surface area contributed by atoms with Crippen LogP contribution in [0.25, 0.3) is 0 Å². The van der Waals surface area contributed by atoms with Crippen LogP contribution in [-0.4, -0.2) is 107 Å². The number of ether oxygens (including phenoxy) is 7. The fourth-order valence-corrected chi connectivity index (χ4v) is 10.4. The van der Waals surface area contributed by atoms with Crippen LogP contribution in [0, 0.1) is 23.7 Å². The second-order valence-corrected chi connectivity index (χ2v) is 17.4. The zero-order valence-corrected chi connectivity index (χ0v) is 33.4. The molecule has 0 amide bonds. The number of fused-ring (bicyclic) bond motifs is 2. The van der Waals surface area contributed by atoms with E-state index in [2.05, 4.69) is 32.0 Å². The third-order valence-corrected chi connectivity index (χ3v) is 13.6. The first-order valence-corrected chi connectivity index (χ1v) is 20.7. The molecule has 7 rings (SSSR count). The lowest BCUT2D eigenvalue weighted by atomic mass is 9.71. The van der Waals surface area contributed by atoms with Gasteiger partial charge in [-0.15, -0.1) is 0 Å². The molecule has 4 saturated heterocycles. The maximum absolute atomic E-state index is 14.4. The molecule has 2 bridgehead atoms. The van der Waals surface area contributed by atoms with Crippen LogP contribution in [0.4, 0.5) is 0 Å². The number of carbonyl (C=O) groups is 1. The van der Waals surface area contributed by atoms with Crippen molar-refractivity contribution < 1.29 is 53.4 Å². The number of hydrogen-bond donors (Lipinski definition) is 3. The van der Waals surface area contributed by atoms with Crippen LogP contribution in [0.2, 0.25) is 0 Å². The Morgan fingerprint density at radius 3 is 2.55 bits per heavy atom. The van der Waals surface area contributed by atoms with Crippen LogP contribution in [0.5, 0.6) is 0 Å². The molecule has 306 valence electrons.